The molecule has 2 aromatic rings. The first-order valence-corrected chi connectivity index (χ1v) is 6.70. The van der Waals surface area contributed by atoms with Gasteiger partial charge in [0.05, 0.1) is 13.2 Å². The van der Waals surface area contributed by atoms with Crippen LogP contribution < -0.4 is 5.32 Å². The maximum absolute atomic E-state index is 12.3. The number of carbonyl (C=O) groups is 2. The second kappa shape index (κ2) is 6.90. The molecule has 0 aliphatic heterocycles. The molecule has 0 atom stereocenters. The summed E-state index contributed by atoms with van der Waals surface area (Å²) in [6.45, 7) is 0.907. The molecule has 0 unspecified atom stereocenters. The third kappa shape index (κ3) is 3.82. The minimum Gasteiger partial charge on any atom is -0.383 e. The van der Waals surface area contributed by atoms with E-state index in [4.69, 9.17) is 4.74 Å². The molecule has 0 bridgehead atoms. The number of fused-ring (bicyclic) bond motifs is 1. The second-order valence-corrected chi connectivity index (χ2v) is 4.78. The van der Waals surface area contributed by atoms with Gasteiger partial charge in [0.1, 0.15) is 0 Å². The van der Waals surface area contributed by atoms with Crippen LogP contribution >= 0.6 is 0 Å². The zero-order valence-corrected chi connectivity index (χ0v) is 12.2. The Morgan fingerprint density at radius 3 is 2.90 bits per heavy atom. The van der Waals surface area contributed by atoms with Gasteiger partial charge in [-0.3, -0.25) is 9.59 Å². The van der Waals surface area contributed by atoms with E-state index < -0.39 is 0 Å². The molecule has 0 radical (unpaired) electrons. The van der Waals surface area contributed by atoms with Crippen LogP contribution in [0.5, 0.6) is 0 Å². The Labute approximate surface area is 123 Å². The first-order chi connectivity index (χ1) is 10.1. The molecule has 6 heteroatoms. The van der Waals surface area contributed by atoms with Crippen LogP contribution in [0.4, 0.5) is 0 Å². The number of nitrogens with one attached hydrogen (secondary N) is 2. The zero-order chi connectivity index (χ0) is 15.2. The monoisotopic (exact) mass is 289 g/mol. The Kier molecular flexibility index (Phi) is 4.94. The summed E-state index contributed by atoms with van der Waals surface area (Å²) in [6.07, 6.45) is 1.83. The molecule has 0 aliphatic carbocycles. The lowest BCUT2D eigenvalue weighted by Crippen LogP contribution is -2.39. The van der Waals surface area contributed by atoms with E-state index >= 15 is 0 Å². The summed E-state index contributed by atoms with van der Waals surface area (Å²) in [5.41, 5.74) is 1.45. The summed E-state index contributed by atoms with van der Waals surface area (Å²) < 4.78 is 4.85. The minimum absolute atomic E-state index is 0.0192. The molecule has 112 valence electrons. The number of H-pyrrole nitrogens is 1. The first kappa shape index (κ1) is 15.1. The first-order valence-electron chi connectivity index (χ1n) is 6.70. The fraction of sp³-hybridized carbons (Fsp3) is 0.333. The number of nitrogens with zero attached hydrogens (tertiary/aromatic N) is 1. The standard InChI is InChI=1S/C15H19N3O3/c1-18(10-14(19)17-7-8-21-2)15(20)12-4-3-11-5-6-16-13(11)9-12/h3-6,9,16H,7-8,10H2,1-2H3,(H,17,19). The lowest BCUT2D eigenvalue weighted by Gasteiger charge is -2.17. The number of likely N-dealkylation sites (N-methyl/N-ethyl adjacent to an activating group) is 1. The number of aromatic nitrogens is 1. The molecule has 2 rings (SSSR count). The van der Waals surface area contributed by atoms with Crippen molar-refractivity contribution in [2.75, 3.05) is 33.9 Å². The number of methoxy groups -OCH3 is 1. The molecule has 0 saturated carbocycles. The Hall–Kier alpha value is -2.34. The third-order valence-electron chi connectivity index (χ3n) is 3.16. The molecule has 1 aromatic heterocycles. The van der Waals surface area contributed by atoms with Gasteiger partial charge in [0.2, 0.25) is 5.91 Å². The predicted molar refractivity (Wildman–Crippen MR) is 80.1 cm³/mol. The maximum Gasteiger partial charge on any atom is 0.254 e. The summed E-state index contributed by atoms with van der Waals surface area (Å²) in [6, 6.07) is 7.37. The van der Waals surface area contributed by atoms with Crippen molar-refractivity contribution in [2.45, 2.75) is 0 Å². The Bertz CT molecular complexity index is 636. The highest BCUT2D eigenvalue weighted by molar-refractivity contribution is 5.99. The normalized spacial score (nSPS) is 10.6. The van der Waals surface area contributed by atoms with E-state index in [0.717, 1.165) is 10.9 Å². The molecule has 2 N–H and O–H groups in total. The van der Waals surface area contributed by atoms with Gasteiger partial charge in [-0.2, -0.15) is 0 Å². The van der Waals surface area contributed by atoms with Crippen molar-refractivity contribution in [3.63, 3.8) is 0 Å². The number of amides is 2. The van der Waals surface area contributed by atoms with Crippen molar-refractivity contribution >= 4 is 22.7 Å². The average molecular weight is 289 g/mol. The van der Waals surface area contributed by atoms with Crippen molar-refractivity contribution in [2.24, 2.45) is 0 Å². The summed E-state index contributed by atoms with van der Waals surface area (Å²) in [7, 11) is 3.18. The van der Waals surface area contributed by atoms with Gasteiger partial charge in [0, 0.05) is 38.0 Å². The molecule has 0 spiro atoms. The van der Waals surface area contributed by atoms with E-state index in [1.54, 1.807) is 26.3 Å². The summed E-state index contributed by atoms with van der Waals surface area (Å²) in [5.74, 6) is -0.391. The van der Waals surface area contributed by atoms with E-state index in [1.807, 2.05) is 18.3 Å². The molecule has 0 fully saturated rings. The fourth-order valence-corrected chi connectivity index (χ4v) is 2.04. The molecule has 0 aliphatic rings. The van der Waals surface area contributed by atoms with Crippen LogP contribution in [-0.4, -0.2) is 55.6 Å². The van der Waals surface area contributed by atoms with Gasteiger partial charge in [-0.05, 0) is 23.6 Å². The van der Waals surface area contributed by atoms with Crippen molar-refractivity contribution < 1.29 is 14.3 Å². The van der Waals surface area contributed by atoms with Crippen molar-refractivity contribution in [3.05, 3.63) is 36.0 Å². The number of rotatable bonds is 6. The van der Waals surface area contributed by atoms with Crippen LogP contribution in [0.2, 0.25) is 0 Å². The SMILES string of the molecule is COCCNC(=O)CN(C)C(=O)c1ccc2cc[nH]c2c1. The summed E-state index contributed by atoms with van der Waals surface area (Å²) in [4.78, 5) is 28.4. The Morgan fingerprint density at radius 2 is 2.14 bits per heavy atom. The lowest BCUT2D eigenvalue weighted by atomic mass is 10.1. The van der Waals surface area contributed by atoms with Gasteiger partial charge >= 0.3 is 0 Å². The highest BCUT2D eigenvalue weighted by atomic mass is 16.5. The topological polar surface area (TPSA) is 74.4 Å². The predicted octanol–water partition coefficient (Wildman–Crippen LogP) is 1.00. The molecular weight excluding hydrogens is 270 g/mol. The van der Waals surface area contributed by atoms with Gasteiger partial charge in [0.25, 0.3) is 5.91 Å². The molecule has 1 aromatic carbocycles. The number of aromatic amines is 1. The number of hydrogen-bond donors (Lipinski definition) is 2. The van der Waals surface area contributed by atoms with Crippen LogP contribution in [0.25, 0.3) is 10.9 Å². The average Bonchev–Trinajstić information content (AvgIpc) is 2.94. The molecule has 6 nitrogen and oxygen atoms in total. The smallest absolute Gasteiger partial charge is 0.254 e. The van der Waals surface area contributed by atoms with Gasteiger partial charge in [0.15, 0.2) is 0 Å². The van der Waals surface area contributed by atoms with Gasteiger partial charge in [-0.15, -0.1) is 0 Å². The number of ether oxygens (including phenoxy) is 1. The quantitative estimate of drug-likeness (QED) is 0.779. The summed E-state index contributed by atoms with van der Waals surface area (Å²) >= 11 is 0. The van der Waals surface area contributed by atoms with E-state index in [1.165, 1.54) is 4.90 Å². The Balaban J connectivity index is 1.96. The van der Waals surface area contributed by atoms with Crippen molar-refractivity contribution in [1.82, 2.24) is 15.2 Å². The van der Waals surface area contributed by atoms with Crippen LogP contribution in [0, 0.1) is 0 Å². The molecule has 21 heavy (non-hydrogen) atoms. The second-order valence-electron chi connectivity index (χ2n) is 4.78. The van der Waals surface area contributed by atoms with Crippen LogP contribution in [0.1, 0.15) is 10.4 Å². The summed E-state index contributed by atoms with van der Waals surface area (Å²) in [5, 5.41) is 3.73. The number of benzene rings is 1. The van der Waals surface area contributed by atoms with Crippen LogP contribution in [0.3, 0.4) is 0 Å². The van der Waals surface area contributed by atoms with E-state index in [-0.39, 0.29) is 18.4 Å². The molecule has 0 saturated heterocycles. The van der Waals surface area contributed by atoms with Gasteiger partial charge < -0.3 is 19.9 Å². The van der Waals surface area contributed by atoms with E-state index in [9.17, 15) is 9.59 Å². The molecular formula is C15H19N3O3. The lowest BCUT2D eigenvalue weighted by molar-refractivity contribution is -0.121. The van der Waals surface area contributed by atoms with Crippen molar-refractivity contribution in [1.29, 1.82) is 0 Å². The van der Waals surface area contributed by atoms with Gasteiger partial charge in [-0.25, -0.2) is 0 Å². The highest BCUT2D eigenvalue weighted by Gasteiger charge is 2.15. The fourth-order valence-electron chi connectivity index (χ4n) is 2.04. The van der Waals surface area contributed by atoms with Crippen LogP contribution in [-0.2, 0) is 9.53 Å². The number of carbonyl (C=O) groups excluding carboxylic acids is 2. The highest BCUT2D eigenvalue weighted by Crippen LogP contribution is 2.15. The van der Waals surface area contributed by atoms with Crippen molar-refractivity contribution in [3.8, 4) is 0 Å². The zero-order valence-electron chi connectivity index (χ0n) is 12.2. The number of hydrogen-bond acceptors (Lipinski definition) is 3. The van der Waals surface area contributed by atoms with Crippen LogP contribution in [0.15, 0.2) is 30.5 Å². The Morgan fingerprint density at radius 1 is 1.33 bits per heavy atom. The third-order valence-corrected chi connectivity index (χ3v) is 3.16. The van der Waals surface area contributed by atoms with E-state index in [2.05, 4.69) is 10.3 Å². The van der Waals surface area contributed by atoms with E-state index in [0.29, 0.717) is 18.7 Å². The largest absolute Gasteiger partial charge is 0.383 e. The minimum atomic E-state index is -0.205. The van der Waals surface area contributed by atoms with Gasteiger partial charge in [-0.1, -0.05) is 6.07 Å². The molecule has 1 heterocycles. The molecule has 2 amide bonds. The maximum atomic E-state index is 12.3.